The van der Waals surface area contributed by atoms with Crippen LogP contribution in [0, 0.1) is 0 Å². The van der Waals surface area contributed by atoms with Gasteiger partial charge >= 0.3 is 11.9 Å². The molecule has 2 aromatic rings. The van der Waals surface area contributed by atoms with Gasteiger partial charge in [-0.05, 0) is 13.0 Å². The lowest BCUT2D eigenvalue weighted by atomic mass is 10.1. The quantitative estimate of drug-likeness (QED) is 0.827. The van der Waals surface area contributed by atoms with Gasteiger partial charge in [0.1, 0.15) is 0 Å². The molecule has 1 N–H and O–H groups in total. The van der Waals surface area contributed by atoms with E-state index in [9.17, 15) is 14.4 Å². The van der Waals surface area contributed by atoms with Crippen molar-refractivity contribution in [2.45, 2.75) is 19.4 Å². The molecule has 0 fully saturated rings. The first-order chi connectivity index (χ1) is 10.0. The Morgan fingerprint density at radius 1 is 1.29 bits per heavy atom. The van der Waals surface area contributed by atoms with Crippen LogP contribution >= 0.6 is 0 Å². The maximum Gasteiger partial charge on any atom is 0.346 e. The molecule has 2 rings (SSSR count). The van der Waals surface area contributed by atoms with Crippen LogP contribution in [0.15, 0.2) is 29.1 Å². The Morgan fingerprint density at radius 2 is 1.95 bits per heavy atom. The maximum atomic E-state index is 11.8. The molecule has 1 heterocycles. The van der Waals surface area contributed by atoms with Crippen molar-refractivity contribution < 1.29 is 19.1 Å². The smallest absolute Gasteiger partial charge is 0.346 e. The highest BCUT2D eigenvalue weighted by atomic mass is 16.6. The minimum absolute atomic E-state index is 0.154. The summed E-state index contributed by atoms with van der Waals surface area (Å²) in [5.74, 6) is -1.26. The minimum atomic E-state index is -0.989. The topological polar surface area (TPSA) is 98.3 Å². The first-order valence-electron chi connectivity index (χ1n) is 6.26. The van der Waals surface area contributed by atoms with Gasteiger partial charge < -0.3 is 9.47 Å². The summed E-state index contributed by atoms with van der Waals surface area (Å²) in [5.41, 5.74) is 0.0536. The molecule has 110 valence electrons. The second kappa shape index (κ2) is 6.17. The largest absolute Gasteiger partial charge is 0.466 e. The number of aromatic nitrogens is 2. The number of rotatable bonds is 4. The predicted molar refractivity (Wildman–Crippen MR) is 73.6 cm³/mol. The summed E-state index contributed by atoms with van der Waals surface area (Å²) < 4.78 is 9.41. The van der Waals surface area contributed by atoms with Gasteiger partial charge in [-0.15, -0.1) is 0 Å². The van der Waals surface area contributed by atoms with Crippen LogP contribution in [-0.4, -0.2) is 35.3 Å². The van der Waals surface area contributed by atoms with Crippen LogP contribution < -0.4 is 5.56 Å². The SMILES string of the molecule is COC(=O)[C@H](C)OC(=O)Cc1n[nH]c(=O)c2ccccc12. The van der Waals surface area contributed by atoms with Crippen molar-refractivity contribution in [3.05, 3.63) is 40.3 Å². The van der Waals surface area contributed by atoms with Crippen LogP contribution in [0.4, 0.5) is 0 Å². The zero-order chi connectivity index (χ0) is 15.4. The van der Waals surface area contributed by atoms with E-state index < -0.39 is 18.0 Å². The number of ether oxygens (including phenoxy) is 2. The molecule has 21 heavy (non-hydrogen) atoms. The molecule has 0 aliphatic heterocycles. The fourth-order valence-corrected chi connectivity index (χ4v) is 1.90. The van der Waals surface area contributed by atoms with E-state index in [1.165, 1.54) is 14.0 Å². The molecule has 7 nitrogen and oxygen atoms in total. The van der Waals surface area contributed by atoms with Gasteiger partial charge in [-0.2, -0.15) is 5.10 Å². The number of hydrogen-bond donors (Lipinski definition) is 1. The third-order valence-electron chi connectivity index (χ3n) is 2.93. The Morgan fingerprint density at radius 3 is 2.62 bits per heavy atom. The molecule has 0 saturated carbocycles. The molecular weight excluding hydrogens is 276 g/mol. The summed E-state index contributed by atoms with van der Waals surface area (Å²) in [5, 5.41) is 7.21. The minimum Gasteiger partial charge on any atom is -0.466 e. The number of methoxy groups -OCH3 is 1. The summed E-state index contributed by atoms with van der Waals surface area (Å²) in [4.78, 5) is 34.6. The molecule has 0 saturated heterocycles. The number of aromatic amines is 1. The Labute approximate surface area is 119 Å². The maximum absolute atomic E-state index is 11.8. The number of H-pyrrole nitrogens is 1. The highest BCUT2D eigenvalue weighted by molar-refractivity contribution is 5.87. The standard InChI is InChI=1S/C14H14N2O5/c1-8(14(19)20-2)21-12(17)7-11-9-5-3-4-6-10(9)13(18)16-15-11/h3-6,8H,7H2,1-2H3,(H,16,18)/t8-/m0/s1. The van der Waals surface area contributed by atoms with Crippen molar-refractivity contribution in [3.8, 4) is 0 Å². The van der Waals surface area contributed by atoms with Gasteiger partial charge in [-0.1, -0.05) is 18.2 Å². The van der Waals surface area contributed by atoms with Crippen LogP contribution in [0.3, 0.4) is 0 Å². The number of nitrogens with zero attached hydrogens (tertiary/aromatic N) is 1. The van der Waals surface area contributed by atoms with Gasteiger partial charge in [0, 0.05) is 5.39 Å². The third-order valence-corrected chi connectivity index (χ3v) is 2.93. The van der Waals surface area contributed by atoms with Crippen molar-refractivity contribution >= 4 is 22.7 Å². The second-order valence-corrected chi connectivity index (χ2v) is 4.38. The van der Waals surface area contributed by atoms with Crippen molar-refractivity contribution in [3.63, 3.8) is 0 Å². The van der Waals surface area contributed by atoms with E-state index in [2.05, 4.69) is 14.9 Å². The first-order valence-corrected chi connectivity index (χ1v) is 6.26. The van der Waals surface area contributed by atoms with E-state index in [0.717, 1.165) is 0 Å². The fraction of sp³-hybridized carbons (Fsp3) is 0.286. The van der Waals surface area contributed by atoms with E-state index in [0.29, 0.717) is 16.5 Å². The van der Waals surface area contributed by atoms with Gasteiger partial charge in [0.25, 0.3) is 5.56 Å². The molecule has 0 aliphatic carbocycles. The highest BCUT2D eigenvalue weighted by Crippen LogP contribution is 2.13. The summed E-state index contributed by atoms with van der Waals surface area (Å²) >= 11 is 0. The zero-order valence-electron chi connectivity index (χ0n) is 11.6. The average molecular weight is 290 g/mol. The van der Waals surface area contributed by atoms with E-state index in [-0.39, 0.29) is 12.0 Å². The Bertz CT molecular complexity index is 737. The number of esters is 2. The van der Waals surface area contributed by atoms with Crippen LogP contribution in [0.2, 0.25) is 0 Å². The predicted octanol–water partition coefficient (Wildman–Crippen LogP) is 0.570. The molecule has 1 aromatic heterocycles. The van der Waals surface area contributed by atoms with Crippen LogP contribution in [0.25, 0.3) is 10.8 Å². The molecule has 0 amide bonds. The molecule has 0 spiro atoms. The summed E-state index contributed by atoms with van der Waals surface area (Å²) in [6.45, 7) is 1.42. The number of nitrogens with one attached hydrogen (secondary N) is 1. The molecular formula is C14H14N2O5. The van der Waals surface area contributed by atoms with Gasteiger partial charge in [0.05, 0.1) is 24.6 Å². The Balaban J connectivity index is 2.21. The molecule has 0 radical (unpaired) electrons. The van der Waals surface area contributed by atoms with Crippen LogP contribution in [0.1, 0.15) is 12.6 Å². The van der Waals surface area contributed by atoms with E-state index >= 15 is 0 Å². The summed E-state index contributed by atoms with van der Waals surface area (Å²) in [7, 11) is 1.21. The molecule has 1 aromatic carbocycles. The number of carbonyl (C=O) groups excluding carboxylic acids is 2. The lowest BCUT2D eigenvalue weighted by Crippen LogP contribution is -2.26. The number of fused-ring (bicyclic) bond motifs is 1. The van der Waals surface area contributed by atoms with Crippen molar-refractivity contribution in [2.24, 2.45) is 0 Å². The lowest BCUT2D eigenvalue weighted by Gasteiger charge is -2.11. The monoisotopic (exact) mass is 290 g/mol. The van der Waals surface area contributed by atoms with E-state index in [1.54, 1.807) is 24.3 Å². The number of hydrogen-bond acceptors (Lipinski definition) is 6. The van der Waals surface area contributed by atoms with Gasteiger partial charge in [0.15, 0.2) is 6.10 Å². The van der Waals surface area contributed by atoms with E-state index in [1.807, 2.05) is 0 Å². The summed E-state index contributed by atoms with van der Waals surface area (Å²) in [6.07, 6.45) is -1.14. The lowest BCUT2D eigenvalue weighted by molar-refractivity contribution is -0.164. The van der Waals surface area contributed by atoms with Crippen molar-refractivity contribution in [1.29, 1.82) is 0 Å². The van der Waals surface area contributed by atoms with Crippen LogP contribution in [0.5, 0.6) is 0 Å². The average Bonchev–Trinajstić information content (AvgIpc) is 2.49. The van der Waals surface area contributed by atoms with E-state index in [4.69, 9.17) is 4.74 Å². The Hall–Kier alpha value is -2.70. The molecule has 0 unspecified atom stereocenters. The molecule has 0 bridgehead atoms. The normalized spacial score (nSPS) is 11.9. The zero-order valence-corrected chi connectivity index (χ0v) is 11.6. The molecule has 7 heteroatoms. The van der Waals surface area contributed by atoms with Gasteiger partial charge in [-0.25, -0.2) is 9.89 Å². The summed E-state index contributed by atoms with van der Waals surface area (Å²) in [6, 6.07) is 6.81. The molecule has 0 aliphatic rings. The second-order valence-electron chi connectivity index (χ2n) is 4.38. The third kappa shape index (κ3) is 3.25. The number of benzene rings is 1. The van der Waals surface area contributed by atoms with Gasteiger partial charge in [0.2, 0.25) is 0 Å². The Kier molecular flexibility index (Phi) is 4.32. The number of carbonyl (C=O) groups is 2. The fourth-order valence-electron chi connectivity index (χ4n) is 1.90. The molecule has 1 atom stereocenters. The van der Waals surface area contributed by atoms with Gasteiger partial charge in [-0.3, -0.25) is 9.59 Å². The first kappa shape index (κ1) is 14.7. The van der Waals surface area contributed by atoms with Crippen LogP contribution in [-0.2, 0) is 25.5 Å². The van der Waals surface area contributed by atoms with Crippen molar-refractivity contribution in [2.75, 3.05) is 7.11 Å². The highest BCUT2D eigenvalue weighted by Gasteiger charge is 2.19. The van der Waals surface area contributed by atoms with Crippen molar-refractivity contribution in [1.82, 2.24) is 10.2 Å².